The molecular weight excluding hydrogens is 396 g/mol. The minimum absolute atomic E-state index is 0.0256. The van der Waals surface area contributed by atoms with Crippen molar-refractivity contribution in [2.75, 3.05) is 17.1 Å². The summed E-state index contributed by atoms with van der Waals surface area (Å²) >= 11 is 3.29. The highest BCUT2D eigenvalue weighted by Gasteiger charge is 2.17. The highest BCUT2D eigenvalue weighted by Crippen LogP contribution is 2.28. The number of carbonyl (C=O) groups is 1. The zero-order valence-electron chi connectivity index (χ0n) is 13.2. The highest BCUT2D eigenvalue weighted by molar-refractivity contribution is 9.10. The summed E-state index contributed by atoms with van der Waals surface area (Å²) in [4.78, 5) is 11.6. The molecule has 0 heterocycles. The van der Waals surface area contributed by atoms with Crippen molar-refractivity contribution in [2.45, 2.75) is 18.2 Å². The summed E-state index contributed by atoms with van der Waals surface area (Å²) in [6, 6.07) is 11.0. The Bertz CT molecular complexity index is 836. The van der Waals surface area contributed by atoms with Crippen molar-refractivity contribution < 1.29 is 17.9 Å². The van der Waals surface area contributed by atoms with Gasteiger partial charge in [-0.1, -0.05) is 22.9 Å². The van der Waals surface area contributed by atoms with Crippen LogP contribution in [0.15, 0.2) is 51.8 Å². The average Bonchev–Trinajstić information content (AvgIpc) is 2.56. The van der Waals surface area contributed by atoms with Crippen LogP contribution in [0.5, 0.6) is 5.75 Å². The molecule has 1 amide bonds. The maximum Gasteiger partial charge on any atom is 0.261 e. The van der Waals surface area contributed by atoms with Gasteiger partial charge in [0, 0.05) is 16.6 Å². The molecule has 2 rings (SSSR count). The molecule has 0 spiro atoms. The first kappa shape index (κ1) is 18.3. The lowest BCUT2D eigenvalue weighted by molar-refractivity contribution is -0.115. The molecule has 0 saturated heterocycles. The van der Waals surface area contributed by atoms with Crippen LogP contribution in [0.4, 0.5) is 11.4 Å². The Labute approximate surface area is 149 Å². The second kappa shape index (κ2) is 7.67. The number of sulfonamides is 1. The van der Waals surface area contributed by atoms with Gasteiger partial charge in [0.2, 0.25) is 5.91 Å². The van der Waals surface area contributed by atoms with Crippen LogP contribution in [-0.2, 0) is 14.8 Å². The number of benzene rings is 2. The lowest BCUT2D eigenvalue weighted by Gasteiger charge is -2.13. The van der Waals surface area contributed by atoms with E-state index < -0.39 is 10.0 Å². The van der Waals surface area contributed by atoms with Gasteiger partial charge in [-0.15, -0.1) is 0 Å². The van der Waals surface area contributed by atoms with E-state index in [2.05, 4.69) is 26.0 Å². The Balaban J connectivity index is 2.33. The summed E-state index contributed by atoms with van der Waals surface area (Å²) in [6.45, 7) is 1.71. The predicted octanol–water partition coefficient (Wildman–Crippen LogP) is 3.61. The first-order valence-corrected chi connectivity index (χ1v) is 9.39. The standard InChI is InChI=1S/C16H17BrN2O4S/c1-3-16(20)18-14-10-13(8-9-15(14)23-2)24(21,22)19-12-6-4-11(17)5-7-12/h4-10,19H,3H2,1-2H3,(H,18,20). The van der Waals surface area contributed by atoms with Gasteiger partial charge in [-0.05, 0) is 42.5 Å². The Morgan fingerprint density at radius 1 is 1.17 bits per heavy atom. The van der Waals surface area contributed by atoms with Crippen LogP contribution in [0.3, 0.4) is 0 Å². The van der Waals surface area contributed by atoms with Gasteiger partial charge in [-0.25, -0.2) is 8.42 Å². The highest BCUT2D eigenvalue weighted by atomic mass is 79.9. The minimum atomic E-state index is -3.79. The molecule has 2 N–H and O–H groups in total. The number of hydrogen-bond acceptors (Lipinski definition) is 4. The van der Waals surface area contributed by atoms with Crippen LogP contribution in [-0.4, -0.2) is 21.4 Å². The Hall–Kier alpha value is -2.06. The van der Waals surface area contributed by atoms with Crippen molar-refractivity contribution in [1.29, 1.82) is 0 Å². The molecular formula is C16H17BrN2O4S. The number of carbonyl (C=O) groups excluding carboxylic acids is 1. The topological polar surface area (TPSA) is 84.5 Å². The lowest BCUT2D eigenvalue weighted by Crippen LogP contribution is -2.15. The van der Waals surface area contributed by atoms with Crippen molar-refractivity contribution in [3.63, 3.8) is 0 Å². The number of anilines is 2. The molecule has 0 aliphatic heterocycles. The number of amides is 1. The van der Waals surface area contributed by atoms with Gasteiger partial charge < -0.3 is 10.1 Å². The Kier molecular flexibility index (Phi) is 5.84. The fraction of sp³-hybridized carbons (Fsp3) is 0.188. The van der Waals surface area contributed by atoms with Crippen molar-refractivity contribution in [3.05, 3.63) is 46.9 Å². The van der Waals surface area contributed by atoms with Gasteiger partial charge >= 0.3 is 0 Å². The number of nitrogens with one attached hydrogen (secondary N) is 2. The van der Waals surface area contributed by atoms with Crippen molar-refractivity contribution in [2.24, 2.45) is 0 Å². The molecule has 2 aromatic rings. The first-order valence-electron chi connectivity index (χ1n) is 7.12. The fourth-order valence-corrected chi connectivity index (χ4v) is 3.27. The third-order valence-electron chi connectivity index (χ3n) is 3.17. The number of rotatable bonds is 6. The monoisotopic (exact) mass is 412 g/mol. The molecule has 0 bridgehead atoms. The molecule has 0 unspecified atom stereocenters. The van der Waals surface area contributed by atoms with Crippen LogP contribution in [0.2, 0.25) is 0 Å². The molecule has 0 radical (unpaired) electrons. The SMILES string of the molecule is CCC(=O)Nc1cc(S(=O)(=O)Nc2ccc(Br)cc2)ccc1OC. The summed E-state index contributed by atoms with van der Waals surface area (Å²) in [6.07, 6.45) is 0.275. The molecule has 0 atom stereocenters. The molecule has 0 fully saturated rings. The van der Waals surface area contributed by atoms with Crippen molar-refractivity contribution >= 4 is 43.2 Å². The normalized spacial score (nSPS) is 11.0. The van der Waals surface area contributed by atoms with Gasteiger partial charge in [0.05, 0.1) is 17.7 Å². The third kappa shape index (κ3) is 4.48. The summed E-state index contributed by atoms with van der Waals surface area (Å²) in [5.41, 5.74) is 0.746. The van der Waals surface area contributed by atoms with E-state index in [1.54, 1.807) is 31.2 Å². The van der Waals surface area contributed by atoms with Crippen LogP contribution < -0.4 is 14.8 Å². The Morgan fingerprint density at radius 2 is 1.83 bits per heavy atom. The minimum Gasteiger partial charge on any atom is -0.495 e. The fourth-order valence-electron chi connectivity index (χ4n) is 1.92. The maximum absolute atomic E-state index is 12.5. The van der Waals surface area contributed by atoms with E-state index in [-0.39, 0.29) is 17.2 Å². The van der Waals surface area contributed by atoms with E-state index in [0.29, 0.717) is 17.1 Å². The second-order valence-electron chi connectivity index (χ2n) is 4.88. The maximum atomic E-state index is 12.5. The number of hydrogen-bond donors (Lipinski definition) is 2. The van der Waals surface area contributed by atoms with Crippen molar-refractivity contribution in [1.82, 2.24) is 0 Å². The van der Waals surface area contributed by atoms with Crippen LogP contribution in [0.25, 0.3) is 0 Å². The van der Waals surface area contributed by atoms with Gasteiger partial charge in [0.25, 0.3) is 10.0 Å². The van der Waals surface area contributed by atoms with E-state index in [1.807, 2.05) is 0 Å². The molecule has 0 saturated carbocycles. The van der Waals surface area contributed by atoms with E-state index in [1.165, 1.54) is 25.3 Å². The second-order valence-corrected chi connectivity index (χ2v) is 7.47. The lowest BCUT2D eigenvalue weighted by atomic mass is 10.3. The number of halogens is 1. The number of ether oxygens (including phenoxy) is 1. The van der Waals surface area contributed by atoms with Gasteiger partial charge in [0.15, 0.2) is 0 Å². The van der Waals surface area contributed by atoms with Crippen molar-refractivity contribution in [3.8, 4) is 5.75 Å². The van der Waals surface area contributed by atoms with Crippen LogP contribution in [0, 0.1) is 0 Å². The summed E-state index contributed by atoms with van der Waals surface area (Å²) in [5, 5.41) is 2.63. The molecule has 24 heavy (non-hydrogen) atoms. The Morgan fingerprint density at radius 3 is 2.42 bits per heavy atom. The van der Waals surface area contributed by atoms with Gasteiger partial charge in [0.1, 0.15) is 5.75 Å². The molecule has 6 nitrogen and oxygen atoms in total. The zero-order valence-corrected chi connectivity index (χ0v) is 15.6. The number of methoxy groups -OCH3 is 1. The predicted molar refractivity (Wildman–Crippen MR) is 96.9 cm³/mol. The van der Waals surface area contributed by atoms with Gasteiger partial charge in [-0.2, -0.15) is 0 Å². The average molecular weight is 413 g/mol. The third-order valence-corrected chi connectivity index (χ3v) is 5.08. The van der Waals surface area contributed by atoms with Gasteiger partial charge in [-0.3, -0.25) is 9.52 Å². The molecule has 128 valence electrons. The van der Waals surface area contributed by atoms with Crippen LogP contribution in [0.1, 0.15) is 13.3 Å². The van der Waals surface area contributed by atoms with E-state index >= 15 is 0 Å². The summed E-state index contributed by atoms with van der Waals surface area (Å²) < 4.78 is 33.5. The molecule has 8 heteroatoms. The molecule has 0 aromatic heterocycles. The van der Waals surface area contributed by atoms with E-state index in [9.17, 15) is 13.2 Å². The molecule has 0 aliphatic carbocycles. The molecule has 0 aliphatic rings. The van der Waals surface area contributed by atoms with Crippen LogP contribution >= 0.6 is 15.9 Å². The molecule has 2 aromatic carbocycles. The largest absolute Gasteiger partial charge is 0.495 e. The zero-order chi connectivity index (χ0) is 17.7. The quantitative estimate of drug-likeness (QED) is 0.758. The van der Waals surface area contributed by atoms with E-state index in [4.69, 9.17) is 4.74 Å². The summed E-state index contributed by atoms with van der Waals surface area (Å²) in [7, 11) is -2.34. The smallest absolute Gasteiger partial charge is 0.261 e. The summed E-state index contributed by atoms with van der Waals surface area (Å²) in [5.74, 6) is 0.156. The van der Waals surface area contributed by atoms with E-state index in [0.717, 1.165) is 4.47 Å². The first-order chi connectivity index (χ1) is 11.4.